The molecule has 0 amide bonds. The first-order chi connectivity index (χ1) is 6.67. The summed E-state index contributed by atoms with van der Waals surface area (Å²) in [6, 6.07) is 8.39. The smallest absolute Gasteiger partial charge is 0.0525 e. The molecule has 0 aliphatic heterocycles. The second-order valence-corrected chi connectivity index (χ2v) is 4.35. The molecule has 0 fully saturated rings. The van der Waals surface area contributed by atoms with Crippen LogP contribution in [0.2, 0.25) is 0 Å². The van der Waals surface area contributed by atoms with E-state index in [9.17, 15) is 5.11 Å². The van der Waals surface area contributed by atoms with E-state index < -0.39 is 0 Å². The third-order valence-corrected chi connectivity index (χ3v) is 3.44. The Bertz CT molecular complexity index is 367. The maximum Gasteiger partial charge on any atom is 0.0525 e. The molecule has 1 N–H and O–H groups in total. The third-order valence-electron chi connectivity index (χ3n) is 3.44. The molecule has 0 spiro atoms. The summed E-state index contributed by atoms with van der Waals surface area (Å²) in [5, 5.41) is 9.40. The van der Waals surface area contributed by atoms with Crippen LogP contribution in [0.3, 0.4) is 0 Å². The number of fused-ring (bicyclic) bond motifs is 1. The number of hydrogen-bond donors (Lipinski definition) is 1. The first-order valence-corrected chi connectivity index (χ1v) is 5.06. The van der Waals surface area contributed by atoms with Gasteiger partial charge in [0.2, 0.25) is 0 Å². The van der Waals surface area contributed by atoms with Crippen LogP contribution in [0.1, 0.15) is 30.9 Å². The summed E-state index contributed by atoms with van der Waals surface area (Å²) in [7, 11) is 0. The molecule has 0 unspecified atom stereocenters. The largest absolute Gasteiger partial charge is 0.395 e. The van der Waals surface area contributed by atoms with Crippen LogP contribution in [0.15, 0.2) is 30.3 Å². The van der Waals surface area contributed by atoms with Crippen molar-refractivity contribution in [2.75, 3.05) is 6.61 Å². The molecule has 1 nitrogen and oxygen atoms in total. The van der Waals surface area contributed by atoms with Crippen molar-refractivity contribution < 1.29 is 5.11 Å². The van der Waals surface area contributed by atoms with Crippen LogP contribution >= 0.6 is 0 Å². The summed E-state index contributed by atoms with van der Waals surface area (Å²) in [6.07, 6.45) is 4.24. The lowest BCUT2D eigenvalue weighted by molar-refractivity contribution is 0.161. The van der Waals surface area contributed by atoms with Crippen molar-refractivity contribution >= 4 is 6.08 Å². The molecule has 0 saturated carbocycles. The van der Waals surface area contributed by atoms with Gasteiger partial charge in [0.15, 0.2) is 0 Å². The molecule has 1 aromatic carbocycles. The van der Waals surface area contributed by atoms with Crippen LogP contribution in [0.25, 0.3) is 6.08 Å². The van der Waals surface area contributed by atoms with Crippen molar-refractivity contribution in [2.45, 2.75) is 19.8 Å². The third kappa shape index (κ3) is 1.28. The number of aliphatic hydroxyl groups is 1. The minimum atomic E-state index is -0.103. The van der Waals surface area contributed by atoms with Crippen molar-refractivity contribution in [3.63, 3.8) is 0 Å². The topological polar surface area (TPSA) is 20.2 Å². The van der Waals surface area contributed by atoms with Crippen LogP contribution in [0, 0.1) is 5.41 Å². The molecule has 14 heavy (non-hydrogen) atoms. The van der Waals surface area contributed by atoms with Gasteiger partial charge in [0, 0.05) is 5.41 Å². The van der Waals surface area contributed by atoms with Gasteiger partial charge in [-0.2, -0.15) is 0 Å². The highest BCUT2D eigenvalue weighted by Crippen LogP contribution is 2.42. The minimum absolute atomic E-state index is 0.103. The average Bonchev–Trinajstić information content (AvgIpc) is 2.24. The quantitative estimate of drug-likeness (QED) is 0.718. The summed E-state index contributed by atoms with van der Waals surface area (Å²) in [5.74, 6) is 0.383. The highest BCUT2D eigenvalue weighted by Gasteiger charge is 2.32. The average molecular weight is 188 g/mol. The minimum Gasteiger partial charge on any atom is -0.395 e. The van der Waals surface area contributed by atoms with Crippen LogP contribution in [0.5, 0.6) is 0 Å². The lowest BCUT2D eigenvalue weighted by Gasteiger charge is -2.35. The molecular weight excluding hydrogens is 172 g/mol. The van der Waals surface area contributed by atoms with Gasteiger partial charge in [-0.15, -0.1) is 0 Å². The van der Waals surface area contributed by atoms with Gasteiger partial charge < -0.3 is 5.11 Å². The Morgan fingerprint density at radius 3 is 2.79 bits per heavy atom. The zero-order valence-electron chi connectivity index (χ0n) is 8.70. The van der Waals surface area contributed by atoms with Gasteiger partial charge in [-0.05, 0) is 17.0 Å². The van der Waals surface area contributed by atoms with Crippen LogP contribution < -0.4 is 0 Å². The van der Waals surface area contributed by atoms with Gasteiger partial charge in [0.1, 0.15) is 0 Å². The van der Waals surface area contributed by atoms with E-state index in [2.05, 4.69) is 50.3 Å². The Morgan fingerprint density at radius 2 is 2.07 bits per heavy atom. The molecule has 1 aliphatic carbocycles. The van der Waals surface area contributed by atoms with Crippen LogP contribution in [0.4, 0.5) is 0 Å². The fraction of sp³-hybridized carbons (Fsp3) is 0.385. The molecule has 2 rings (SSSR count). The van der Waals surface area contributed by atoms with Crippen LogP contribution in [-0.4, -0.2) is 11.7 Å². The van der Waals surface area contributed by atoms with E-state index >= 15 is 0 Å². The maximum atomic E-state index is 9.40. The number of rotatable bonds is 1. The molecule has 2 atom stereocenters. The summed E-state index contributed by atoms with van der Waals surface area (Å²) in [6.45, 7) is 4.49. The molecule has 0 aromatic heterocycles. The summed E-state index contributed by atoms with van der Waals surface area (Å²) < 4.78 is 0. The zero-order chi connectivity index (χ0) is 10.2. The van der Waals surface area contributed by atoms with Crippen LogP contribution in [-0.2, 0) is 0 Å². The van der Waals surface area contributed by atoms with Gasteiger partial charge in [-0.3, -0.25) is 0 Å². The Labute approximate surface area is 85.1 Å². The number of aliphatic hydroxyl groups excluding tert-OH is 1. The van der Waals surface area contributed by atoms with E-state index in [1.807, 2.05) is 0 Å². The van der Waals surface area contributed by atoms with E-state index in [1.54, 1.807) is 0 Å². The van der Waals surface area contributed by atoms with E-state index in [-0.39, 0.29) is 12.0 Å². The summed E-state index contributed by atoms with van der Waals surface area (Å²) in [4.78, 5) is 0. The molecule has 0 heterocycles. The van der Waals surface area contributed by atoms with Gasteiger partial charge in [0.05, 0.1) is 6.61 Å². The first-order valence-electron chi connectivity index (χ1n) is 5.06. The summed E-state index contributed by atoms with van der Waals surface area (Å²) >= 11 is 0. The van der Waals surface area contributed by atoms with Crippen molar-refractivity contribution in [1.82, 2.24) is 0 Å². The van der Waals surface area contributed by atoms with Gasteiger partial charge in [0.25, 0.3) is 0 Å². The fourth-order valence-corrected chi connectivity index (χ4v) is 2.03. The highest BCUT2D eigenvalue weighted by molar-refractivity contribution is 5.59. The SMILES string of the molecule is C[C@@H]1c2ccccc2C=C[C@]1(C)CO. The van der Waals surface area contributed by atoms with Crippen molar-refractivity contribution in [3.05, 3.63) is 41.5 Å². The maximum absolute atomic E-state index is 9.40. The molecule has 74 valence electrons. The monoisotopic (exact) mass is 188 g/mol. The Hall–Kier alpha value is -1.08. The second kappa shape index (κ2) is 3.25. The molecule has 1 heteroatoms. The Morgan fingerprint density at radius 1 is 1.36 bits per heavy atom. The summed E-state index contributed by atoms with van der Waals surface area (Å²) in [5.41, 5.74) is 2.52. The number of benzene rings is 1. The molecule has 0 saturated heterocycles. The Balaban J connectivity index is 2.50. The van der Waals surface area contributed by atoms with Gasteiger partial charge >= 0.3 is 0 Å². The molecule has 1 aliphatic rings. The molecular formula is C13H16O. The Kier molecular flexibility index (Phi) is 2.20. The van der Waals surface area contributed by atoms with Crippen molar-refractivity contribution in [1.29, 1.82) is 0 Å². The lowest BCUT2D eigenvalue weighted by atomic mass is 9.70. The lowest BCUT2D eigenvalue weighted by Crippen LogP contribution is -2.28. The van der Waals surface area contributed by atoms with Crippen molar-refractivity contribution in [3.8, 4) is 0 Å². The fourth-order valence-electron chi connectivity index (χ4n) is 2.03. The van der Waals surface area contributed by atoms with Gasteiger partial charge in [-0.25, -0.2) is 0 Å². The zero-order valence-corrected chi connectivity index (χ0v) is 8.70. The van der Waals surface area contributed by atoms with E-state index in [4.69, 9.17) is 0 Å². The predicted molar refractivity (Wildman–Crippen MR) is 59.1 cm³/mol. The van der Waals surface area contributed by atoms with E-state index in [1.165, 1.54) is 11.1 Å². The van der Waals surface area contributed by atoms with E-state index in [0.717, 1.165) is 0 Å². The van der Waals surface area contributed by atoms with Gasteiger partial charge in [-0.1, -0.05) is 50.3 Å². The molecule has 0 bridgehead atoms. The first kappa shape index (κ1) is 9.47. The van der Waals surface area contributed by atoms with E-state index in [0.29, 0.717) is 5.92 Å². The second-order valence-electron chi connectivity index (χ2n) is 4.35. The standard InChI is InChI=1S/C13H16O/c1-10-12-6-4-3-5-11(12)7-8-13(10,2)9-14/h3-8,10,14H,9H2,1-2H3/t10-,13-/m1/s1. The molecule has 1 aromatic rings. The predicted octanol–water partition coefficient (Wildman–Crippen LogP) is 2.82. The molecule has 0 radical (unpaired) electrons. The highest BCUT2D eigenvalue weighted by atomic mass is 16.3. The van der Waals surface area contributed by atoms with Crippen molar-refractivity contribution in [2.24, 2.45) is 5.41 Å². The number of hydrogen-bond acceptors (Lipinski definition) is 1. The normalized spacial score (nSPS) is 30.1.